The first-order chi connectivity index (χ1) is 8.66. The second-order valence-corrected chi connectivity index (χ2v) is 4.99. The average Bonchev–Trinajstić information content (AvgIpc) is 2.38. The number of hydrogen-bond acceptors (Lipinski definition) is 4. The number of carboxylic acids is 1. The highest BCUT2D eigenvalue weighted by molar-refractivity contribution is 5.84. The molecule has 0 saturated heterocycles. The highest BCUT2D eigenvalue weighted by atomic mass is 16.4. The molecule has 0 aliphatic heterocycles. The lowest BCUT2D eigenvalue weighted by atomic mass is 9.80. The summed E-state index contributed by atoms with van der Waals surface area (Å²) in [5.41, 5.74) is -0.0217. The third-order valence-corrected chi connectivity index (χ3v) is 3.71. The van der Waals surface area contributed by atoms with Crippen LogP contribution in [0, 0.1) is 11.8 Å². The number of aromatic carboxylic acids is 1. The van der Waals surface area contributed by atoms with Crippen molar-refractivity contribution in [3.05, 3.63) is 18.1 Å². The number of nitrogens with zero attached hydrogens (tertiary/aromatic N) is 2. The summed E-state index contributed by atoms with van der Waals surface area (Å²) in [5, 5.41) is 12.0. The molecule has 2 unspecified atom stereocenters. The van der Waals surface area contributed by atoms with Crippen LogP contribution in [0.1, 0.15) is 43.1 Å². The van der Waals surface area contributed by atoms with Gasteiger partial charge in [-0.15, -0.1) is 0 Å². The normalized spacial score (nSPS) is 23.6. The molecule has 2 atom stereocenters. The Morgan fingerprint density at radius 3 is 2.78 bits per heavy atom. The topological polar surface area (TPSA) is 75.1 Å². The van der Waals surface area contributed by atoms with Gasteiger partial charge in [-0.3, -0.25) is 0 Å². The summed E-state index contributed by atoms with van der Waals surface area (Å²) in [4.78, 5) is 18.5. The van der Waals surface area contributed by atoms with Gasteiger partial charge in [-0.25, -0.2) is 14.8 Å². The number of aromatic nitrogens is 2. The number of nitrogens with one attached hydrogen (secondary N) is 1. The van der Waals surface area contributed by atoms with E-state index in [2.05, 4.69) is 22.2 Å². The lowest BCUT2D eigenvalue weighted by molar-refractivity contribution is 0.0690. The summed E-state index contributed by atoms with van der Waals surface area (Å²) < 4.78 is 0. The Bertz CT molecular complexity index is 405. The maximum absolute atomic E-state index is 10.6. The second-order valence-electron chi connectivity index (χ2n) is 4.99. The first-order valence-corrected chi connectivity index (χ1v) is 6.46. The van der Waals surface area contributed by atoms with Gasteiger partial charge >= 0.3 is 5.97 Å². The Morgan fingerprint density at radius 1 is 1.39 bits per heavy atom. The molecule has 1 aliphatic rings. The summed E-state index contributed by atoms with van der Waals surface area (Å²) in [5.74, 6) is 1.03. The van der Waals surface area contributed by atoms with Crippen LogP contribution in [0.4, 0.5) is 5.82 Å². The Labute approximate surface area is 107 Å². The van der Waals surface area contributed by atoms with Crippen LogP contribution in [0.25, 0.3) is 0 Å². The summed E-state index contributed by atoms with van der Waals surface area (Å²) in [7, 11) is 0. The van der Waals surface area contributed by atoms with E-state index in [-0.39, 0.29) is 5.69 Å². The SMILES string of the molecule is CC1CCCCC1CNc1cnc(C(=O)O)cn1. The van der Waals surface area contributed by atoms with Gasteiger partial charge in [-0.1, -0.05) is 26.2 Å². The highest BCUT2D eigenvalue weighted by Crippen LogP contribution is 2.29. The molecule has 1 aromatic heterocycles. The van der Waals surface area contributed by atoms with Crippen molar-refractivity contribution in [2.75, 3.05) is 11.9 Å². The fourth-order valence-electron chi connectivity index (χ4n) is 2.46. The number of anilines is 1. The summed E-state index contributed by atoms with van der Waals surface area (Å²) in [6.07, 6.45) is 7.97. The Balaban J connectivity index is 1.87. The van der Waals surface area contributed by atoms with Gasteiger partial charge in [0.15, 0.2) is 5.69 Å². The lowest BCUT2D eigenvalue weighted by Crippen LogP contribution is -2.24. The van der Waals surface area contributed by atoms with E-state index >= 15 is 0 Å². The van der Waals surface area contributed by atoms with Gasteiger partial charge < -0.3 is 10.4 Å². The molecule has 0 spiro atoms. The van der Waals surface area contributed by atoms with Crippen LogP contribution in [-0.2, 0) is 0 Å². The van der Waals surface area contributed by atoms with Gasteiger partial charge in [0.2, 0.25) is 0 Å². The third kappa shape index (κ3) is 3.18. The molecule has 1 aliphatic carbocycles. The number of rotatable bonds is 4. The minimum Gasteiger partial charge on any atom is -0.476 e. The van der Waals surface area contributed by atoms with E-state index in [0.29, 0.717) is 11.7 Å². The molecule has 1 saturated carbocycles. The predicted molar refractivity (Wildman–Crippen MR) is 68.6 cm³/mol. The minimum atomic E-state index is -1.05. The van der Waals surface area contributed by atoms with Crippen molar-refractivity contribution in [3.63, 3.8) is 0 Å². The molecular formula is C13H19N3O2. The fraction of sp³-hybridized carbons (Fsp3) is 0.615. The van der Waals surface area contributed by atoms with Gasteiger partial charge in [0.05, 0.1) is 12.4 Å². The molecule has 2 rings (SSSR count). The highest BCUT2D eigenvalue weighted by Gasteiger charge is 2.20. The molecule has 1 heterocycles. The minimum absolute atomic E-state index is 0.0217. The molecule has 2 N–H and O–H groups in total. The molecule has 98 valence electrons. The maximum atomic E-state index is 10.6. The van der Waals surface area contributed by atoms with Gasteiger partial charge in [0.25, 0.3) is 0 Å². The second kappa shape index (κ2) is 5.80. The van der Waals surface area contributed by atoms with Gasteiger partial charge in [0, 0.05) is 6.54 Å². The average molecular weight is 249 g/mol. The fourth-order valence-corrected chi connectivity index (χ4v) is 2.46. The molecule has 1 fully saturated rings. The Hall–Kier alpha value is -1.65. The molecule has 0 radical (unpaired) electrons. The quantitative estimate of drug-likeness (QED) is 0.857. The van der Waals surface area contributed by atoms with E-state index in [9.17, 15) is 4.79 Å². The van der Waals surface area contributed by atoms with Crippen molar-refractivity contribution < 1.29 is 9.90 Å². The first-order valence-electron chi connectivity index (χ1n) is 6.46. The Morgan fingerprint density at radius 2 is 2.17 bits per heavy atom. The zero-order valence-corrected chi connectivity index (χ0v) is 10.6. The van der Waals surface area contributed by atoms with Crippen LogP contribution in [-0.4, -0.2) is 27.6 Å². The standard InChI is InChI=1S/C13H19N3O2/c1-9-4-2-3-5-10(9)6-15-12-8-14-11(7-16-12)13(17)18/h7-10H,2-6H2,1H3,(H,15,16)(H,17,18). The number of hydrogen-bond donors (Lipinski definition) is 2. The van der Waals surface area contributed by atoms with Crippen molar-refractivity contribution in [1.82, 2.24) is 9.97 Å². The zero-order chi connectivity index (χ0) is 13.0. The van der Waals surface area contributed by atoms with Crippen molar-refractivity contribution in [2.45, 2.75) is 32.6 Å². The monoisotopic (exact) mass is 249 g/mol. The van der Waals surface area contributed by atoms with Crippen LogP contribution in [0.15, 0.2) is 12.4 Å². The van der Waals surface area contributed by atoms with E-state index in [1.54, 1.807) is 0 Å². The molecule has 5 nitrogen and oxygen atoms in total. The van der Waals surface area contributed by atoms with Crippen molar-refractivity contribution >= 4 is 11.8 Å². The summed E-state index contributed by atoms with van der Waals surface area (Å²) in [6, 6.07) is 0. The summed E-state index contributed by atoms with van der Waals surface area (Å²) >= 11 is 0. The molecule has 5 heteroatoms. The number of carboxylic acid groups (broad SMARTS) is 1. The summed E-state index contributed by atoms with van der Waals surface area (Å²) in [6.45, 7) is 3.19. The predicted octanol–water partition coefficient (Wildman–Crippen LogP) is 2.41. The van der Waals surface area contributed by atoms with E-state index in [1.165, 1.54) is 38.1 Å². The van der Waals surface area contributed by atoms with Crippen LogP contribution in [0.5, 0.6) is 0 Å². The largest absolute Gasteiger partial charge is 0.476 e. The van der Waals surface area contributed by atoms with Crippen LogP contribution in [0.3, 0.4) is 0 Å². The van der Waals surface area contributed by atoms with Crippen molar-refractivity contribution in [2.24, 2.45) is 11.8 Å². The first kappa shape index (κ1) is 12.8. The molecular weight excluding hydrogens is 230 g/mol. The molecule has 18 heavy (non-hydrogen) atoms. The molecule has 0 bridgehead atoms. The smallest absolute Gasteiger partial charge is 0.356 e. The Kier molecular flexibility index (Phi) is 4.12. The lowest BCUT2D eigenvalue weighted by Gasteiger charge is -2.28. The van der Waals surface area contributed by atoms with E-state index < -0.39 is 5.97 Å². The maximum Gasteiger partial charge on any atom is 0.356 e. The van der Waals surface area contributed by atoms with Gasteiger partial charge in [-0.2, -0.15) is 0 Å². The third-order valence-electron chi connectivity index (χ3n) is 3.71. The van der Waals surface area contributed by atoms with Crippen LogP contribution >= 0.6 is 0 Å². The van der Waals surface area contributed by atoms with E-state index in [1.807, 2.05) is 0 Å². The van der Waals surface area contributed by atoms with Crippen LogP contribution < -0.4 is 5.32 Å². The zero-order valence-electron chi connectivity index (χ0n) is 10.6. The van der Waals surface area contributed by atoms with Crippen LogP contribution in [0.2, 0.25) is 0 Å². The molecule has 0 amide bonds. The van der Waals surface area contributed by atoms with Crippen molar-refractivity contribution in [1.29, 1.82) is 0 Å². The van der Waals surface area contributed by atoms with Gasteiger partial charge in [0.1, 0.15) is 5.82 Å². The van der Waals surface area contributed by atoms with E-state index in [0.717, 1.165) is 12.5 Å². The molecule has 1 aromatic rings. The van der Waals surface area contributed by atoms with E-state index in [4.69, 9.17) is 5.11 Å². The molecule has 0 aromatic carbocycles. The van der Waals surface area contributed by atoms with Crippen molar-refractivity contribution in [3.8, 4) is 0 Å². The number of carbonyl (C=O) groups is 1. The van der Waals surface area contributed by atoms with Gasteiger partial charge in [-0.05, 0) is 18.3 Å².